The zero-order valence-corrected chi connectivity index (χ0v) is 12.4. The molecule has 1 aromatic carbocycles. The zero-order chi connectivity index (χ0) is 13.8. The maximum atomic E-state index is 10.9. The van der Waals surface area contributed by atoms with Gasteiger partial charge in [-0.2, -0.15) is 0 Å². The number of hydrogen-bond donors (Lipinski definition) is 2. The first-order valence-electron chi connectivity index (χ1n) is 6.43. The standard InChI is InChI=1S/C14H18BrNO3/c1-19-13-8-11(6-7-12(13)15)16-10-4-2-9(3-5-10)14(17)18/h6-10,16H,2-5H2,1H3,(H,17,18). The van der Waals surface area contributed by atoms with Crippen LogP contribution in [-0.2, 0) is 4.79 Å². The minimum absolute atomic E-state index is 0.169. The third-order valence-electron chi connectivity index (χ3n) is 3.60. The molecular weight excluding hydrogens is 310 g/mol. The third-order valence-corrected chi connectivity index (χ3v) is 4.25. The summed E-state index contributed by atoms with van der Waals surface area (Å²) in [4.78, 5) is 10.9. The fraction of sp³-hybridized carbons (Fsp3) is 0.500. The van der Waals surface area contributed by atoms with Gasteiger partial charge in [0.25, 0.3) is 0 Å². The lowest BCUT2D eigenvalue weighted by atomic mass is 9.86. The first kappa shape index (κ1) is 14.2. The number of carbonyl (C=O) groups is 1. The Morgan fingerprint density at radius 1 is 1.37 bits per heavy atom. The molecule has 4 nitrogen and oxygen atoms in total. The van der Waals surface area contributed by atoms with Gasteiger partial charge in [0.2, 0.25) is 0 Å². The van der Waals surface area contributed by atoms with Crippen LogP contribution in [0.25, 0.3) is 0 Å². The number of halogens is 1. The Morgan fingerprint density at radius 2 is 2.05 bits per heavy atom. The van der Waals surface area contributed by atoms with Gasteiger partial charge in [0.05, 0.1) is 17.5 Å². The molecule has 5 heteroatoms. The van der Waals surface area contributed by atoms with E-state index in [0.29, 0.717) is 6.04 Å². The minimum Gasteiger partial charge on any atom is -0.495 e. The molecular formula is C14H18BrNO3. The highest BCUT2D eigenvalue weighted by atomic mass is 79.9. The molecule has 0 heterocycles. The van der Waals surface area contributed by atoms with E-state index in [2.05, 4.69) is 21.2 Å². The van der Waals surface area contributed by atoms with E-state index in [4.69, 9.17) is 9.84 Å². The van der Waals surface area contributed by atoms with Gasteiger partial charge in [-0.1, -0.05) is 0 Å². The lowest BCUT2D eigenvalue weighted by Crippen LogP contribution is -2.29. The predicted molar refractivity (Wildman–Crippen MR) is 77.7 cm³/mol. The molecule has 2 N–H and O–H groups in total. The van der Waals surface area contributed by atoms with Crippen LogP contribution in [0.2, 0.25) is 0 Å². The number of nitrogens with one attached hydrogen (secondary N) is 1. The Balaban J connectivity index is 1.94. The number of carboxylic acid groups (broad SMARTS) is 1. The Kier molecular flexibility index (Phi) is 4.69. The van der Waals surface area contributed by atoms with Crippen LogP contribution in [0.4, 0.5) is 5.69 Å². The topological polar surface area (TPSA) is 58.6 Å². The van der Waals surface area contributed by atoms with Crippen LogP contribution < -0.4 is 10.1 Å². The van der Waals surface area contributed by atoms with Crippen molar-refractivity contribution in [3.63, 3.8) is 0 Å². The smallest absolute Gasteiger partial charge is 0.306 e. The molecule has 0 aliphatic heterocycles. The molecule has 104 valence electrons. The highest BCUT2D eigenvalue weighted by Crippen LogP contribution is 2.31. The van der Waals surface area contributed by atoms with Crippen LogP contribution in [0.3, 0.4) is 0 Å². The van der Waals surface area contributed by atoms with Gasteiger partial charge in [0.15, 0.2) is 0 Å². The Bertz CT molecular complexity index is 456. The molecule has 0 bridgehead atoms. The van der Waals surface area contributed by atoms with Gasteiger partial charge in [-0.25, -0.2) is 0 Å². The predicted octanol–water partition coefficient (Wildman–Crippen LogP) is 3.51. The summed E-state index contributed by atoms with van der Waals surface area (Å²) in [5.74, 6) is -0.0366. The second-order valence-electron chi connectivity index (χ2n) is 4.88. The fourth-order valence-corrected chi connectivity index (χ4v) is 2.88. The van der Waals surface area contributed by atoms with Crippen molar-refractivity contribution in [2.24, 2.45) is 5.92 Å². The van der Waals surface area contributed by atoms with Gasteiger partial charge < -0.3 is 15.2 Å². The monoisotopic (exact) mass is 327 g/mol. The van der Waals surface area contributed by atoms with Gasteiger partial charge in [0.1, 0.15) is 5.75 Å². The molecule has 1 aliphatic rings. The zero-order valence-electron chi connectivity index (χ0n) is 10.9. The van der Waals surface area contributed by atoms with Crippen molar-refractivity contribution in [1.29, 1.82) is 0 Å². The minimum atomic E-state index is -0.663. The van der Waals surface area contributed by atoms with Crippen LogP contribution in [0.5, 0.6) is 5.75 Å². The lowest BCUT2D eigenvalue weighted by Gasteiger charge is -2.27. The maximum absolute atomic E-state index is 10.9. The van der Waals surface area contributed by atoms with Gasteiger partial charge in [0, 0.05) is 17.8 Å². The molecule has 0 unspecified atom stereocenters. The Labute approximate surface area is 121 Å². The maximum Gasteiger partial charge on any atom is 0.306 e. The number of rotatable bonds is 4. The average Bonchev–Trinajstić information content (AvgIpc) is 2.41. The fourth-order valence-electron chi connectivity index (χ4n) is 2.47. The normalized spacial score (nSPS) is 22.8. The van der Waals surface area contributed by atoms with Crippen LogP contribution >= 0.6 is 15.9 Å². The average molecular weight is 328 g/mol. The lowest BCUT2D eigenvalue weighted by molar-refractivity contribution is -0.142. The van der Waals surface area contributed by atoms with E-state index in [1.807, 2.05) is 18.2 Å². The number of methoxy groups -OCH3 is 1. The summed E-state index contributed by atoms with van der Waals surface area (Å²) in [6.07, 6.45) is 3.30. The summed E-state index contributed by atoms with van der Waals surface area (Å²) in [7, 11) is 1.64. The van der Waals surface area contributed by atoms with Crippen molar-refractivity contribution in [3.8, 4) is 5.75 Å². The van der Waals surface area contributed by atoms with Crippen molar-refractivity contribution in [2.75, 3.05) is 12.4 Å². The van der Waals surface area contributed by atoms with Crippen LogP contribution in [0.1, 0.15) is 25.7 Å². The summed E-state index contributed by atoms with van der Waals surface area (Å²) in [6, 6.07) is 6.24. The van der Waals surface area contributed by atoms with Crippen LogP contribution in [-0.4, -0.2) is 24.2 Å². The van der Waals surface area contributed by atoms with E-state index in [0.717, 1.165) is 41.6 Å². The van der Waals surface area contributed by atoms with Crippen molar-refractivity contribution >= 4 is 27.6 Å². The third kappa shape index (κ3) is 3.62. The molecule has 0 spiro atoms. The van der Waals surface area contributed by atoms with Crippen LogP contribution in [0, 0.1) is 5.92 Å². The van der Waals surface area contributed by atoms with Crippen LogP contribution in [0.15, 0.2) is 22.7 Å². The van der Waals surface area contributed by atoms with Gasteiger partial charge in [-0.05, 0) is 53.7 Å². The van der Waals surface area contributed by atoms with Gasteiger partial charge in [-0.3, -0.25) is 4.79 Å². The molecule has 1 saturated carbocycles. The quantitative estimate of drug-likeness (QED) is 0.888. The molecule has 19 heavy (non-hydrogen) atoms. The number of anilines is 1. The van der Waals surface area contributed by atoms with Crippen molar-refractivity contribution in [3.05, 3.63) is 22.7 Å². The van der Waals surface area contributed by atoms with Crippen molar-refractivity contribution in [1.82, 2.24) is 0 Å². The van der Waals surface area contributed by atoms with E-state index in [9.17, 15) is 4.79 Å². The molecule has 0 atom stereocenters. The molecule has 1 aliphatic carbocycles. The summed E-state index contributed by atoms with van der Waals surface area (Å²) < 4.78 is 6.18. The molecule has 2 rings (SSSR count). The van der Waals surface area contributed by atoms with E-state index < -0.39 is 5.97 Å². The SMILES string of the molecule is COc1cc(NC2CCC(C(=O)O)CC2)ccc1Br. The van der Waals surface area contributed by atoms with Gasteiger partial charge >= 0.3 is 5.97 Å². The molecule has 0 amide bonds. The van der Waals surface area contributed by atoms with Crippen molar-refractivity contribution < 1.29 is 14.6 Å². The van der Waals surface area contributed by atoms with E-state index >= 15 is 0 Å². The van der Waals surface area contributed by atoms with Gasteiger partial charge in [-0.15, -0.1) is 0 Å². The Morgan fingerprint density at radius 3 is 2.63 bits per heavy atom. The number of ether oxygens (including phenoxy) is 1. The summed E-state index contributed by atoms with van der Waals surface area (Å²) in [5, 5.41) is 12.4. The van der Waals surface area contributed by atoms with E-state index in [1.165, 1.54) is 0 Å². The number of carboxylic acids is 1. The Hall–Kier alpha value is -1.23. The summed E-state index contributed by atoms with van der Waals surface area (Å²) >= 11 is 3.42. The van der Waals surface area contributed by atoms with E-state index in [1.54, 1.807) is 7.11 Å². The van der Waals surface area contributed by atoms with E-state index in [-0.39, 0.29) is 5.92 Å². The molecule has 0 radical (unpaired) electrons. The molecule has 1 aromatic rings. The number of aliphatic carboxylic acids is 1. The summed E-state index contributed by atoms with van der Waals surface area (Å²) in [6.45, 7) is 0. The largest absolute Gasteiger partial charge is 0.495 e. The second-order valence-corrected chi connectivity index (χ2v) is 5.73. The number of benzene rings is 1. The highest BCUT2D eigenvalue weighted by Gasteiger charge is 2.25. The first-order valence-corrected chi connectivity index (χ1v) is 7.22. The number of hydrogen-bond acceptors (Lipinski definition) is 3. The van der Waals surface area contributed by atoms with Crippen molar-refractivity contribution in [2.45, 2.75) is 31.7 Å². The highest BCUT2D eigenvalue weighted by molar-refractivity contribution is 9.10. The molecule has 0 aromatic heterocycles. The second kappa shape index (κ2) is 6.28. The molecule has 0 saturated heterocycles. The molecule has 1 fully saturated rings. The summed E-state index contributed by atoms with van der Waals surface area (Å²) in [5.41, 5.74) is 1.01. The first-order chi connectivity index (χ1) is 9.10.